The zero-order valence-electron chi connectivity index (χ0n) is 12.4. The Kier molecular flexibility index (Phi) is 8.15. The van der Waals surface area contributed by atoms with E-state index in [0.717, 1.165) is 18.7 Å². The molecule has 0 bridgehead atoms. The summed E-state index contributed by atoms with van der Waals surface area (Å²) in [5.41, 5.74) is 0.832. The fraction of sp³-hybridized carbons (Fsp3) is 0.588. The Morgan fingerprint density at radius 1 is 1.00 bits per heavy atom. The minimum atomic E-state index is 0.249. The molecule has 0 radical (unpaired) electrons. The van der Waals surface area contributed by atoms with Crippen molar-refractivity contribution in [2.75, 3.05) is 20.1 Å². The van der Waals surface area contributed by atoms with Gasteiger partial charge in [-0.05, 0) is 20.0 Å². The number of carbonyl (C=O) groups is 1. The van der Waals surface area contributed by atoms with Crippen LogP contribution in [0.25, 0.3) is 0 Å². The summed E-state index contributed by atoms with van der Waals surface area (Å²) in [5.74, 6) is 0.249. The van der Waals surface area contributed by atoms with Crippen molar-refractivity contribution in [2.24, 2.45) is 0 Å². The number of hydrogen-bond donors (Lipinski definition) is 0. The van der Waals surface area contributed by atoms with Crippen molar-refractivity contribution in [1.82, 2.24) is 4.90 Å². The maximum absolute atomic E-state index is 11.9. The van der Waals surface area contributed by atoms with Gasteiger partial charge in [0, 0.05) is 18.5 Å². The van der Waals surface area contributed by atoms with Crippen molar-refractivity contribution in [3.63, 3.8) is 0 Å². The van der Waals surface area contributed by atoms with E-state index in [1.54, 1.807) is 0 Å². The van der Waals surface area contributed by atoms with E-state index in [1.807, 2.05) is 30.3 Å². The van der Waals surface area contributed by atoms with E-state index in [1.165, 1.54) is 32.1 Å². The molecule has 19 heavy (non-hydrogen) atoms. The molecule has 0 saturated carbocycles. The van der Waals surface area contributed by atoms with E-state index in [4.69, 9.17) is 0 Å². The van der Waals surface area contributed by atoms with Crippen molar-refractivity contribution in [2.45, 2.75) is 45.4 Å². The minimum Gasteiger partial charge on any atom is -0.306 e. The molecule has 2 nitrogen and oxygen atoms in total. The van der Waals surface area contributed by atoms with Gasteiger partial charge in [0.25, 0.3) is 0 Å². The molecule has 0 unspecified atom stereocenters. The van der Waals surface area contributed by atoms with Gasteiger partial charge in [0.15, 0.2) is 5.78 Å². The maximum atomic E-state index is 11.9. The van der Waals surface area contributed by atoms with Gasteiger partial charge in [-0.1, -0.05) is 62.9 Å². The highest BCUT2D eigenvalue weighted by Crippen LogP contribution is 2.06. The normalized spacial score (nSPS) is 10.9. The van der Waals surface area contributed by atoms with Gasteiger partial charge in [-0.3, -0.25) is 4.79 Å². The highest BCUT2D eigenvalue weighted by atomic mass is 16.1. The van der Waals surface area contributed by atoms with Gasteiger partial charge < -0.3 is 4.90 Å². The van der Waals surface area contributed by atoms with E-state index in [2.05, 4.69) is 18.9 Å². The van der Waals surface area contributed by atoms with Crippen molar-refractivity contribution in [3.05, 3.63) is 35.9 Å². The summed E-state index contributed by atoms with van der Waals surface area (Å²) in [6.07, 6.45) is 7.15. The Balaban J connectivity index is 2.13. The topological polar surface area (TPSA) is 20.3 Å². The van der Waals surface area contributed by atoms with Crippen LogP contribution in [0.2, 0.25) is 0 Å². The van der Waals surface area contributed by atoms with Gasteiger partial charge in [0.05, 0.1) is 0 Å². The highest BCUT2D eigenvalue weighted by Gasteiger charge is 2.06. The van der Waals surface area contributed by atoms with E-state index >= 15 is 0 Å². The lowest BCUT2D eigenvalue weighted by Crippen LogP contribution is -2.23. The van der Waals surface area contributed by atoms with E-state index in [-0.39, 0.29) is 5.78 Å². The number of nitrogens with zero attached hydrogens (tertiary/aromatic N) is 1. The summed E-state index contributed by atoms with van der Waals surface area (Å²) in [5, 5.41) is 0. The molecule has 0 heterocycles. The summed E-state index contributed by atoms with van der Waals surface area (Å²) in [6, 6.07) is 9.58. The molecule has 0 fully saturated rings. The van der Waals surface area contributed by atoms with Crippen LogP contribution >= 0.6 is 0 Å². The van der Waals surface area contributed by atoms with Crippen molar-refractivity contribution < 1.29 is 4.79 Å². The van der Waals surface area contributed by atoms with Crippen molar-refractivity contribution >= 4 is 5.78 Å². The van der Waals surface area contributed by atoms with Crippen LogP contribution in [0.4, 0.5) is 0 Å². The molecule has 0 aliphatic rings. The van der Waals surface area contributed by atoms with Crippen LogP contribution in [0.5, 0.6) is 0 Å². The monoisotopic (exact) mass is 261 g/mol. The Labute approximate surface area is 117 Å². The third-order valence-corrected chi connectivity index (χ3v) is 3.46. The van der Waals surface area contributed by atoms with Crippen molar-refractivity contribution in [3.8, 4) is 0 Å². The molecular weight excluding hydrogens is 234 g/mol. The second-order valence-electron chi connectivity index (χ2n) is 5.26. The van der Waals surface area contributed by atoms with Crippen LogP contribution in [0.1, 0.15) is 55.8 Å². The summed E-state index contributed by atoms with van der Waals surface area (Å²) in [6.45, 7) is 4.20. The Morgan fingerprint density at radius 2 is 1.68 bits per heavy atom. The summed E-state index contributed by atoms with van der Waals surface area (Å²) in [7, 11) is 2.11. The first-order valence-corrected chi connectivity index (χ1v) is 7.51. The van der Waals surface area contributed by atoms with E-state index in [0.29, 0.717) is 6.42 Å². The summed E-state index contributed by atoms with van der Waals surface area (Å²) >= 11 is 0. The van der Waals surface area contributed by atoms with E-state index in [9.17, 15) is 4.79 Å². The molecule has 0 spiro atoms. The number of ketones is 1. The predicted molar refractivity (Wildman–Crippen MR) is 81.6 cm³/mol. The van der Waals surface area contributed by atoms with Gasteiger partial charge in [0.1, 0.15) is 0 Å². The maximum Gasteiger partial charge on any atom is 0.164 e. The lowest BCUT2D eigenvalue weighted by molar-refractivity contribution is 0.0969. The molecule has 0 amide bonds. The first kappa shape index (κ1) is 15.9. The molecule has 0 saturated heterocycles. The number of unbranched alkanes of at least 4 members (excludes halogenated alkanes) is 4. The fourth-order valence-electron chi connectivity index (χ4n) is 2.16. The number of Topliss-reactive ketones (excluding diaryl/α,β-unsaturated/α-hetero) is 1. The van der Waals surface area contributed by atoms with Crippen LogP contribution in [0, 0.1) is 0 Å². The highest BCUT2D eigenvalue weighted by molar-refractivity contribution is 5.96. The smallest absolute Gasteiger partial charge is 0.164 e. The zero-order valence-corrected chi connectivity index (χ0v) is 12.4. The zero-order chi connectivity index (χ0) is 13.9. The van der Waals surface area contributed by atoms with Crippen LogP contribution in [0.15, 0.2) is 30.3 Å². The molecule has 1 aromatic rings. The quantitative estimate of drug-likeness (QED) is 0.465. The molecule has 0 aliphatic heterocycles. The molecule has 1 rings (SSSR count). The van der Waals surface area contributed by atoms with Gasteiger partial charge in [0.2, 0.25) is 0 Å². The molecule has 106 valence electrons. The van der Waals surface area contributed by atoms with Crippen LogP contribution in [-0.4, -0.2) is 30.8 Å². The number of carbonyl (C=O) groups excluding carboxylic acids is 1. The Hall–Kier alpha value is -1.15. The number of rotatable bonds is 10. The largest absolute Gasteiger partial charge is 0.306 e. The molecule has 1 aromatic carbocycles. The number of benzene rings is 1. The third-order valence-electron chi connectivity index (χ3n) is 3.46. The Morgan fingerprint density at radius 3 is 2.37 bits per heavy atom. The lowest BCUT2D eigenvalue weighted by Gasteiger charge is -2.15. The molecule has 2 heteroatoms. The van der Waals surface area contributed by atoms with Gasteiger partial charge in [-0.25, -0.2) is 0 Å². The van der Waals surface area contributed by atoms with Crippen LogP contribution in [-0.2, 0) is 0 Å². The van der Waals surface area contributed by atoms with Crippen LogP contribution in [0.3, 0.4) is 0 Å². The molecular formula is C17H27NO. The first-order chi connectivity index (χ1) is 9.24. The number of hydrogen-bond acceptors (Lipinski definition) is 2. The molecule has 0 N–H and O–H groups in total. The Bertz CT molecular complexity index is 348. The second-order valence-corrected chi connectivity index (χ2v) is 5.26. The van der Waals surface area contributed by atoms with Crippen molar-refractivity contribution in [1.29, 1.82) is 0 Å². The first-order valence-electron chi connectivity index (χ1n) is 7.51. The van der Waals surface area contributed by atoms with Gasteiger partial charge in [-0.15, -0.1) is 0 Å². The molecule has 0 aromatic heterocycles. The SMILES string of the molecule is CCCCCCCN(C)CCC(=O)c1ccccc1. The van der Waals surface area contributed by atoms with E-state index < -0.39 is 0 Å². The lowest BCUT2D eigenvalue weighted by atomic mass is 10.1. The van der Waals surface area contributed by atoms with Crippen LogP contribution < -0.4 is 0 Å². The minimum absolute atomic E-state index is 0.249. The standard InChI is InChI=1S/C17H27NO/c1-3-4-5-6-10-14-18(2)15-13-17(19)16-11-8-7-9-12-16/h7-9,11-12H,3-6,10,13-15H2,1-2H3. The summed E-state index contributed by atoms with van der Waals surface area (Å²) in [4.78, 5) is 14.2. The molecule has 0 atom stereocenters. The third kappa shape index (κ3) is 7.12. The predicted octanol–water partition coefficient (Wildman–Crippen LogP) is 4.16. The fourth-order valence-corrected chi connectivity index (χ4v) is 2.16. The second kappa shape index (κ2) is 9.74. The average Bonchev–Trinajstić information content (AvgIpc) is 2.45. The summed E-state index contributed by atoms with van der Waals surface area (Å²) < 4.78 is 0. The van der Waals surface area contributed by atoms with Gasteiger partial charge >= 0.3 is 0 Å². The molecule has 0 aliphatic carbocycles. The van der Waals surface area contributed by atoms with Gasteiger partial charge in [-0.2, -0.15) is 0 Å². The average molecular weight is 261 g/mol.